The van der Waals surface area contributed by atoms with Crippen LogP contribution in [-0.2, 0) is 18.4 Å². The summed E-state index contributed by atoms with van der Waals surface area (Å²) in [6, 6.07) is 3.85. The normalized spacial score (nSPS) is 18.5. The van der Waals surface area contributed by atoms with Gasteiger partial charge in [-0.2, -0.15) is 0 Å². The van der Waals surface area contributed by atoms with E-state index in [1.807, 2.05) is 19.1 Å². The minimum Gasteiger partial charge on any atom is -0.463 e. The Hall–Kier alpha value is -1.17. The fourth-order valence-electron chi connectivity index (χ4n) is 2.65. The first-order chi connectivity index (χ1) is 9.95. The molecule has 5 heteroatoms. The number of aliphatic hydroxyl groups is 1. The zero-order valence-corrected chi connectivity index (χ0v) is 13.6. The minimum atomic E-state index is -1.01. The number of furan rings is 1. The Kier molecular flexibility index (Phi) is 3.90. The summed E-state index contributed by atoms with van der Waals surface area (Å²) in [7, 11) is 0. The highest BCUT2D eigenvalue weighted by molar-refractivity contribution is 7.11. The number of fused-ring (bicyclic) bond motifs is 1. The standard InChI is InChI=1S/C16H22N2O2S/c1-10-7-8-14(20-10)16(3,19)9-17-11(2)15-18-12-5-4-6-13(12)21-15/h7-8,11,17,19H,4-6,9H2,1-3H3. The molecule has 0 fully saturated rings. The average molecular weight is 306 g/mol. The van der Waals surface area contributed by atoms with Gasteiger partial charge in [-0.05, 0) is 52.2 Å². The second kappa shape index (κ2) is 5.55. The predicted molar refractivity (Wildman–Crippen MR) is 83.6 cm³/mol. The summed E-state index contributed by atoms with van der Waals surface area (Å²) >= 11 is 1.80. The minimum absolute atomic E-state index is 0.142. The van der Waals surface area contributed by atoms with Crippen molar-refractivity contribution >= 4 is 11.3 Å². The third-order valence-electron chi connectivity index (χ3n) is 4.01. The summed E-state index contributed by atoms with van der Waals surface area (Å²) in [5.41, 5.74) is 0.264. The maximum atomic E-state index is 10.5. The summed E-state index contributed by atoms with van der Waals surface area (Å²) in [6.07, 6.45) is 3.52. The quantitative estimate of drug-likeness (QED) is 0.891. The van der Waals surface area contributed by atoms with Gasteiger partial charge in [0.15, 0.2) is 0 Å². The van der Waals surface area contributed by atoms with Crippen molar-refractivity contribution in [2.45, 2.75) is 51.7 Å². The van der Waals surface area contributed by atoms with Crippen LogP contribution >= 0.6 is 11.3 Å². The number of rotatable bonds is 5. The van der Waals surface area contributed by atoms with Crippen LogP contribution in [0.4, 0.5) is 0 Å². The van der Waals surface area contributed by atoms with Crippen LogP contribution in [0.2, 0.25) is 0 Å². The van der Waals surface area contributed by atoms with E-state index in [0.717, 1.165) is 17.2 Å². The molecule has 0 radical (unpaired) electrons. The van der Waals surface area contributed by atoms with Crippen LogP contribution < -0.4 is 5.32 Å². The Bertz CT molecular complexity index is 609. The van der Waals surface area contributed by atoms with Crippen LogP contribution in [0.5, 0.6) is 0 Å². The van der Waals surface area contributed by atoms with Gasteiger partial charge in [-0.15, -0.1) is 11.3 Å². The molecule has 0 spiro atoms. The number of hydrogen-bond acceptors (Lipinski definition) is 5. The van der Waals surface area contributed by atoms with Crippen LogP contribution in [-0.4, -0.2) is 16.6 Å². The fourth-order valence-corrected chi connectivity index (χ4v) is 3.83. The van der Waals surface area contributed by atoms with Gasteiger partial charge < -0.3 is 14.8 Å². The van der Waals surface area contributed by atoms with Crippen molar-refractivity contribution < 1.29 is 9.52 Å². The van der Waals surface area contributed by atoms with Crippen molar-refractivity contribution in [1.29, 1.82) is 0 Å². The van der Waals surface area contributed by atoms with Crippen LogP contribution in [0, 0.1) is 6.92 Å². The Labute approximate surface area is 129 Å². The Balaban J connectivity index is 1.63. The van der Waals surface area contributed by atoms with E-state index in [1.54, 1.807) is 18.3 Å². The number of aryl methyl sites for hydroxylation is 3. The molecule has 2 aromatic rings. The van der Waals surface area contributed by atoms with E-state index < -0.39 is 5.60 Å². The first-order valence-corrected chi connectivity index (χ1v) is 8.28. The summed E-state index contributed by atoms with van der Waals surface area (Å²) in [6.45, 7) is 6.18. The zero-order chi connectivity index (χ0) is 15.0. The lowest BCUT2D eigenvalue weighted by molar-refractivity contribution is 0.0313. The Morgan fingerprint density at radius 1 is 1.48 bits per heavy atom. The van der Waals surface area contributed by atoms with Gasteiger partial charge in [-0.25, -0.2) is 4.98 Å². The molecule has 4 nitrogen and oxygen atoms in total. The largest absolute Gasteiger partial charge is 0.463 e. The average Bonchev–Trinajstić information content (AvgIpc) is 3.10. The summed E-state index contributed by atoms with van der Waals surface area (Å²) < 4.78 is 5.53. The first-order valence-electron chi connectivity index (χ1n) is 7.47. The van der Waals surface area contributed by atoms with Gasteiger partial charge in [0.05, 0.1) is 11.7 Å². The lowest BCUT2D eigenvalue weighted by Gasteiger charge is -2.23. The maximum absolute atomic E-state index is 10.5. The Morgan fingerprint density at radius 2 is 2.29 bits per heavy atom. The highest BCUT2D eigenvalue weighted by Gasteiger charge is 2.28. The van der Waals surface area contributed by atoms with Crippen molar-refractivity contribution in [3.8, 4) is 0 Å². The molecule has 2 atom stereocenters. The third-order valence-corrected chi connectivity index (χ3v) is 5.35. The molecule has 2 aromatic heterocycles. The van der Waals surface area contributed by atoms with E-state index in [-0.39, 0.29) is 6.04 Å². The molecule has 0 aliphatic heterocycles. The second-order valence-electron chi connectivity index (χ2n) is 6.06. The van der Waals surface area contributed by atoms with Crippen LogP contribution in [0.15, 0.2) is 16.5 Å². The van der Waals surface area contributed by atoms with Crippen molar-refractivity contribution in [3.63, 3.8) is 0 Å². The molecule has 1 aliphatic carbocycles. The predicted octanol–water partition coefficient (Wildman–Crippen LogP) is 3.09. The van der Waals surface area contributed by atoms with Gasteiger partial charge in [0.1, 0.15) is 22.1 Å². The van der Waals surface area contributed by atoms with Gasteiger partial charge >= 0.3 is 0 Å². The summed E-state index contributed by atoms with van der Waals surface area (Å²) in [5.74, 6) is 1.41. The van der Waals surface area contributed by atoms with E-state index in [2.05, 4.69) is 12.2 Å². The van der Waals surface area contributed by atoms with Crippen molar-refractivity contribution in [2.24, 2.45) is 0 Å². The van der Waals surface area contributed by atoms with E-state index in [0.29, 0.717) is 12.3 Å². The molecule has 2 heterocycles. The zero-order valence-electron chi connectivity index (χ0n) is 12.8. The smallest absolute Gasteiger partial charge is 0.136 e. The van der Waals surface area contributed by atoms with E-state index >= 15 is 0 Å². The molecule has 2 unspecified atom stereocenters. The van der Waals surface area contributed by atoms with E-state index in [4.69, 9.17) is 9.40 Å². The van der Waals surface area contributed by atoms with Crippen molar-refractivity contribution in [2.75, 3.05) is 6.54 Å². The molecule has 21 heavy (non-hydrogen) atoms. The first kappa shape index (κ1) is 14.8. The molecule has 0 aromatic carbocycles. The SMILES string of the molecule is Cc1ccc(C(C)(O)CNC(C)c2nc3c(s2)CCC3)o1. The van der Waals surface area contributed by atoms with E-state index in [9.17, 15) is 5.11 Å². The summed E-state index contributed by atoms with van der Waals surface area (Å²) in [4.78, 5) is 6.16. The monoisotopic (exact) mass is 306 g/mol. The lowest BCUT2D eigenvalue weighted by atomic mass is 10.0. The maximum Gasteiger partial charge on any atom is 0.136 e. The second-order valence-corrected chi connectivity index (χ2v) is 7.18. The Morgan fingerprint density at radius 3 is 2.95 bits per heavy atom. The molecule has 114 valence electrons. The molecule has 3 rings (SSSR count). The molecular weight excluding hydrogens is 284 g/mol. The molecule has 2 N–H and O–H groups in total. The van der Waals surface area contributed by atoms with Crippen LogP contribution in [0.25, 0.3) is 0 Å². The topological polar surface area (TPSA) is 58.3 Å². The van der Waals surface area contributed by atoms with Crippen LogP contribution in [0.3, 0.4) is 0 Å². The number of hydrogen-bond donors (Lipinski definition) is 2. The van der Waals surface area contributed by atoms with Gasteiger partial charge in [0.25, 0.3) is 0 Å². The number of nitrogens with zero attached hydrogens (tertiary/aromatic N) is 1. The summed E-state index contributed by atoms with van der Waals surface area (Å²) in [5, 5.41) is 15.0. The third kappa shape index (κ3) is 3.05. The van der Waals surface area contributed by atoms with Gasteiger partial charge in [0.2, 0.25) is 0 Å². The molecule has 0 saturated carbocycles. The van der Waals surface area contributed by atoms with Gasteiger partial charge in [-0.3, -0.25) is 0 Å². The number of thiazole rings is 1. The molecule has 0 saturated heterocycles. The van der Waals surface area contributed by atoms with Gasteiger partial charge in [-0.1, -0.05) is 0 Å². The van der Waals surface area contributed by atoms with Crippen LogP contribution in [0.1, 0.15) is 53.4 Å². The van der Waals surface area contributed by atoms with Gasteiger partial charge in [0, 0.05) is 11.4 Å². The molecule has 1 aliphatic rings. The lowest BCUT2D eigenvalue weighted by Crippen LogP contribution is -2.36. The highest BCUT2D eigenvalue weighted by atomic mass is 32.1. The number of aromatic nitrogens is 1. The fraction of sp³-hybridized carbons (Fsp3) is 0.562. The van der Waals surface area contributed by atoms with E-state index in [1.165, 1.54) is 23.4 Å². The highest BCUT2D eigenvalue weighted by Crippen LogP contribution is 2.31. The number of nitrogens with one attached hydrogen (secondary N) is 1. The van der Waals surface area contributed by atoms with Crippen molar-refractivity contribution in [1.82, 2.24) is 10.3 Å². The molecular formula is C16H22N2O2S. The molecule has 0 bridgehead atoms. The molecule has 0 amide bonds. The van der Waals surface area contributed by atoms with Crippen molar-refractivity contribution in [3.05, 3.63) is 39.2 Å².